The molecule has 140 valence electrons. The second-order valence-electron chi connectivity index (χ2n) is 6.96. The Morgan fingerprint density at radius 2 is 2.04 bits per heavy atom. The third kappa shape index (κ3) is 3.34. The first-order valence-corrected chi connectivity index (χ1v) is 10.4. The van der Waals surface area contributed by atoms with Gasteiger partial charge in [0.2, 0.25) is 0 Å². The van der Waals surface area contributed by atoms with Crippen molar-refractivity contribution in [3.05, 3.63) is 82.3 Å². The van der Waals surface area contributed by atoms with Crippen LogP contribution in [0.25, 0.3) is 0 Å². The van der Waals surface area contributed by atoms with Gasteiger partial charge in [-0.15, -0.1) is 0 Å². The number of para-hydroxylation sites is 1. The highest BCUT2D eigenvalue weighted by atomic mass is 32.2. The highest BCUT2D eigenvalue weighted by Gasteiger charge is 2.27. The molecule has 2 heterocycles. The summed E-state index contributed by atoms with van der Waals surface area (Å²) < 4.78 is 6.37. The molecule has 0 spiro atoms. The van der Waals surface area contributed by atoms with Crippen molar-refractivity contribution >= 4 is 17.4 Å². The van der Waals surface area contributed by atoms with Crippen molar-refractivity contribution in [2.24, 2.45) is 0 Å². The molecular weight excluding hydrogens is 352 g/mol. The van der Waals surface area contributed by atoms with E-state index in [9.17, 15) is 0 Å². The Labute approximate surface area is 166 Å². The molecule has 0 radical (unpaired) electrons. The maximum atomic E-state index is 6.37. The number of fused-ring (bicyclic) bond motifs is 2. The summed E-state index contributed by atoms with van der Waals surface area (Å²) in [6.45, 7) is 8.45. The van der Waals surface area contributed by atoms with Crippen LogP contribution in [0.4, 0.5) is 5.69 Å². The normalized spacial score (nSPS) is 22.3. The van der Waals surface area contributed by atoms with E-state index in [4.69, 9.17) is 4.74 Å². The van der Waals surface area contributed by atoms with Crippen molar-refractivity contribution in [1.29, 1.82) is 0 Å². The van der Waals surface area contributed by atoms with Crippen LogP contribution < -0.4 is 4.90 Å². The van der Waals surface area contributed by atoms with Gasteiger partial charge >= 0.3 is 0 Å². The van der Waals surface area contributed by atoms with Gasteiger partial charge in [-0.25, -0.2) is 0 Å². The molecule has 2 aliphatic heterocycles. The van der Waals surface area contributed by atoms with Crippen LogP contribution in [0.1, 0.15) is 20.8 Å². The van der Waals surface area contributed by atoms with Crippen molar-refractivity contribution in [2.75, 3.05) is 25.0 Å². The van der Waals surface area contributed by atoms with E-state index >= 15 is 0 Å². The highest BCUT2D eigenvalue weighted by molar-refractivity contribution is 8.03. The number of hydrogen-bond donors (Lipinski definition) is 0. The Kier molecular flexibility index (Phi) is 4.92. The van der Waals surface area contributed by atoms with Gasteiger partial charge < -0.3 is 14.5 Å². The van der Waals surface area contributed by atoms with E-state index in [2.05, 4.69) is 92.3 Å². The lowest BCUT2D eigenvalue weighted by molar-refractivity contribution is 0.187. The average Bonchev–Trinajstić information content (AvgIpc) is 3.03. The van der Waals surface area contributed by atoms with Crippen molar-refractivity contribution in [2.45, 2.75) is 31.8 Å². The van der Waals surface area contributed by atoms with Crippen LogP contribution in [0.2, 0.25) is 0 Å². The molecular formula is C23H26N2OS. The predicted octanol–water partition coefficient (Wildman–Crippen LogP) is 5.46. The lowest BCUT2D eigenvalue weighted by Gasteiger charge is -2.30. The SMILES string of the molecule is CCN(C)C1=CC2OC(C=C3Sc4ccccc4N3CC)=CC(C)=C2C=C1. The van der Waals surface area contributed by atoms with Crippen LogP contribution in [-0.4, -0.2) is 31.1 Å². The van der Waals surface area contributed by atoms with Crippen LogP contribution in [-0.2, 0) is 4.74 Å². The van der Waals surface area contributed by atoms with Gasteiger partial charge in [-0.3, -0.25) is 0 Å². The summed E-state index contributed by atoms with van der Waals surface area (Å²) in [7, 11) is 2.12. The van der Waals surface area contributed by atoms with Crippen LogP contribution in [0.3, 0.4) is 0 Å². The standard InChI is InChI=1S/C23H26N2OS/c1-5-24(4)17-11-12-19-16(3)13-18(26-21(19)14-17)15-23-25(6-2)20-9-7-8-10-22(20)27-23/h7-15,21H,5-6H2,1-4H3. The number of rotatable bonds is 4. The van der Waals surface area contributed by atoms with E-state index in [1.165, 1.54) is 32.5 Å². The third-order valence-electron chi connectivity index (χ3n) is 5.27. The number of benzene rings is 1. The van der Waals surface area contributed by atoms with Gasteiger partial charge in [0.1, 0.15) is 11.9 Å². The molecule has 4 heteroatoms. The van der Waals surface area contributed by atoms with Gasteiger partial charge in [0, 0.05) is 36.8 Å². The van der Waals surface area contributed by atoms with Gasteiger partial charge in [-0.05, 0) is 62.3 Å². The van der Waals surface area contributed by atoms with Crippen molar-refractivity contribution in [1.82, 2.24) is 4.90 Å². The Balaban J connectivity index is 1.63. The number of likely N-dealkylation sites (N-methyl/N-ethyl adjacent to an activating group) is 1. The van der Waals surface area contributed by atoms with E-state index in [0.717, 1.165) is 18.8 Å². The molecule has 4 rings (SSSR count). The maximum absolute atomic E-state index is 6.37. The number of ether oxygens (including phenoxy) is 1. The molecule has 0 amide bonds. The Morgan fingerprint density at radius 1 is 1.22 bits per heavy atom. The minimum atomic E-state index is -0.0142. The van der Waals surface area contributed by atoms with Gasteiger partial charge in [-0.1, -0.05) is 30.0 Å². The monoisotopic (exact) mass is 378 g/mol. The van der Waals surface area contributed by atoms with Crippen molar-refractivity contribution in [3.63, 3.8) is 0 Å². The topological polar surface area (TPSA) is 15.7 Å². The van der Waals surface area contributed by atoms with Crippen LogP contribution in [0, 0.1) is 0 Å². The Morgan fingerprint density at radius 3 is 2.81 bits per heavy atom. The molecule has 0 saturated carbocycles. The maximum Gasteiger partial charge on any atom is 0.144 e. The second kappa shape index (κ2) is 7.35. The zero-order valence-corrected chi connectivity index (χ0v) is 17.2. The molecule has 1 aromatic carbocycles. The quantitative estimate of drug-likeness (QED) is 0.690. The van der Waals surface area contributed by atoms with Gasteiger partial charge in [0.25, 0.3) is 0 Å². The van der Waals surface area contributed by atoms with Gasteiger partial charge in [0.15, 0.2) is 0 Å². The van der Waals surface area contributed by atoms with E-state index in [0.29, 0.717) is 0 Å². The first-order chi connectivity index (χ1) is 13.1. The predicted molar refractivity (Wildman–Crippen MR) is 115 cm³/mol. The highest BCUT2D eigenvalue weighted by Crippen LogP contribution is 2.46. The lowest BCUT2D eigenvalue weighted by Crippen LogP contribution is -2.25. The number of anilines is 1. The largest absolute Gasteiger partial charge is 0.481 e. The molecule has 1 unspecified atom stereocenters. The third-order valence-corrected chi connectivity index (χ3v) is 6.39. The minimum Gasteiger partial charge on any atom is -0.481 e. The fourth-order valence-electron chi connectivity index (χ4n) is 3.62. The Hall–Kier alpha value is -2.33. The summed E-state index contributed by atoms with van der Waals surface area (Å²) in [5.41, 5.74) is 5.02. The summed E-state index contributed by atoms with van der Waals surface area (Å²) in [6.07, 6.45) is 10.9. The number of allylic oxidation sites excluding steroid dienone is 4. The summed E-state index contributed by atoms with van der Waals surface area (Å²) >= 11 is 1.81. The minimum absolute atomic E-state index is 0.0142. The Bertz CT molecular complexity index is 907. The van der Waals surface area contributed by atoms with Crippen LogP contribution in [0.5, 0.6) is 0 Å². The fourth-order valence-corrected chi connectivity index (χ4v) is 4.79. The molecule has 3 aliphatic rings. The lowest BCUT2D eigenvalue weighted by atomic mass is 9.95. The van der Waals surface area contributed by atoms with E-state index in [-0.39, 0.29) is 6.10 Å². The first kappa shape index (κ1) is 18.1. The molecule has 1 aliphatic carbocycles. The average molecular weight is 379 g/mol. The van der Waals surface area contributed by atoms with Gasteiger partial charge in [-0.2, -0.15) is 0 Å². The molecule has 1 aromatic rings. The molecule has 0 fully saturated rings. The zero-order chi connectivity index (χ0) is 19.0. The number of thioether (sulfide) groups is 1. The molecule has 0 N–H and O–H groups in total. The summed E-state index contributed by atoms with van der Waals surface area (Å²) in [6, 6.07) is 8.58. The molecule has 0 bridgehead atoms. The van der Waals surface area contributed by atoms with Crippen molar-refractivity contribution < 1.29 is 4.74 Å². The second-order valence-corrected chi connectivity index (χ2v) is 8.02. The van der Waals surface area contributed by atoms with E-state index < -0.39 is 0 Å². The number of hydrogen-bond acceptors (Lipinski definition) is 4. The molecule has 0 aromatic heterocycles. The van der Waals surface area contributed by atoms with Crippen LogP contribution >= 0.6 is 11.8 Å². The van der Waals surface area contributed by atoms with Gasteiger partial charge in [0.05, 0.1) is 10.7 Å². The fraction of sp³-hybridized carbons (Fsp3) is 0.304. The van der Waals surface area contributed by atoms with Crippen molar-refractivity contribution in [3.8, 4) is 0 Å². The van der Waals surface area contributed by atoms with E-state index in [1.807, 2.05) is 11.8 Å². The molecule has 0 saturated heterocycles. The van der Waals surface area contributed by atoms with E-state index in [1.54, 1.807) is 0 Å². The molecule has 3 nitrogen and oxygen atoms in total. The molecule has 27 heavy (non-hydrogen) atoms. The molecule has 1 atom stereocenters. The first-order valence-electron chi connectivity index (χ1n) is 9.57. The summed E-state index contributed by atoms with van der Waals surface area (Å²) in [5.74, 6) is 0.931. The summed E-state index contributed by atoms with van der Waals surface area (Å²) in [5, 5.41) is 1.22. The smallest absolute Gasteiger partial charge is 0.144 e. The summed E-state index contributed by atoms with van der Waals surface area (Å²) in [4.78, 5) is 5.90. The van der Waals surface area contributed by atoms with Crippen LogP contribution in [0.15, 0.2) is 87.2 Å². The zero-order valence-electron chi connectivity index (χ0n) is 16.4. The number of nitrogens with zero attached hydrogens (tertiary/aromatic N) is 2.